The van der Waals surface area contributed by atoms with Gasteiger partial charge in [-0.05, 0) is 134 Å². The lowest BCUT2D eigenvalue weighted by Gasteiger charge is -2.30. The second-order valence-corrected chi connectivity index (χ2v) is 19.4. The lowest BCUT2D eigenvalue weighted by molar-refractivity contribution is 0.794. The molecule has 1 heterocycles. The maximum absolute atomic E-state index is 5.52. The average molecular weight is 926 g/mol. The Morgan fingerprint density at radius 3 is 1.14 bits per heavy atom. The summed E-state index contributed by atoms with van der Waals surface area (Å²) in [5.74, 6) is 1.88. The average Bonchev–Trinajstić information content (AvgIpc) is 4.03. The van der Waals surface area contributed by atoms with Gasteiger partial charge in [0.2, 0.25) is 0 Å². The summed E-state index contributed by atoms with van der Waals surface area (Å²) in [6, 6.07) is 94.7. The van der Waals surface area contributed by atoms with E-state index in [2.05, 4.69) is 261 Å². The standard InChI is InChI=1S/C70H43N3/c1-3-18-44(19-4-1)49-40-50(45-20-5-2-6-21-45)42-51(41-49)46-34-36-47(37-35-46)67-71-68(48-38-39-56-54-24-8-7-22-52(54)53-23-9-10-25-55(53)61(56)43-48)73-69(72-67)60-29-17-33-65-66(60)59-28-13-16-32-64(59)70(65)62-30-14-11-26-57(62)58-27-12-15-31-63(58)70/h1-43H. The summed E-state index contributed by atoms with van der Waals surface area (Å²) in [4.78, 5) is 16.4. The Labute approximate surface area is 423 Å². The van der Waals surface area contributed by atoms with Crippen LogP contribution in [0.15, 0.2) is 261 Å². The fraction of sp³-hybridized carbons (Fsp3) is 0.0143. The molecule has 338 valence electrons. The van der Waals surface area contributed by atoms with E-state index in [1.54, 1.807) is 0 Å². The number of nitrogens with zero attached hydrogens (tertiary/aromatic N) is 3. The number of benzene rings is 12. The molecule has 1 spiro atoms. The molecular weight excluding hydrogens is 883 g/mol. The Morgan fingerprint density at radius 2 is 0.575 bits per heavy atom. The number of fused-ring (bicyclic) bond motifs is 16. The van der Waals surface area contributed by atoms with Crippen LogP contribution in [-0.2, 0) is 5.41 Å². The number of hydrogen-bond acceptors (Lipinski definition) is 3. The minimum atomic E-state index is -0.496. The Kier molecular flexibility index (Phi) is 9.18. The van der Waals surface area contributed by atoms with Crippen molar-refractivity contribution in [2.45, 2.75) is 5.41 Å². The molecule has 0 unspecified atom stereocenters. The molecule has 0 N–H and O–H groups in total. The van der Waals surface area contributed by atoms with Crippen LogP contribution < -0.4 is 0 Å². The molecule has 0 saturated heterocycles. The van der Waals surface area contributed by atoms with Crippen molar-refractivity contribution in [1.29, 1.82) is 0 Å². The van der Waals surface area contributed by atoms with Crippen molar-refractivity contribution in [3.05, 3.63) is 283 Å². The van der Waals surface area contributed by atoms with Gasteiger partial charge in [-0.15, -0.1) is 0 Å². The summed E-state index contributed by atoms with van der Waals surface area (Å²) < 4.78 is 0. The van der Waals surface area contributed by atoms with Crippen molar-refractivity contribution >= 4 is 32.3 Å². The fourth-order valence-electron chi connectivity index (χ4n) is 12.3. The predicted molar refractivity (Wildman–Crippen MR) is 301 cm³/mol. The lowest BCUT2D eigenvalue weighted by Crippen LogP contribution is -2.25. The molecule has 13 aromatic rings. The van der Waals surface area contributed by atoms with Gasteiger partial charge in [0.1, 0.15) is 0 Å². The van der Waals surface area contributed by atoms with Crippen molar-refractivity contribution < 1.29 is 0 Å². The molecule has 73 heavy (non-hydrogen) atoms. The molecule has 0 radical (unpaired) electrons. The van der Waals surface area contributed by atoms with Gasteiger partial charge in [-0.1, -0.05) is 237 Å². The van der Waals surface area contributed by atoms with E-state index in [1.807, 2.05) is 0 Å². The summed E-state index contributed by atoms with van der Waals surface area (Å²) >= 11 is 0. The molecule has 0 bridgehead atoms. The van der Waals surface area contributed by atoms with Gasteiger partial charge < -0.3 is 0 Å². The van der Waals surface area contributed by atoms with Crippen LogP contribution in [0.2, 0.25) is 0 Å². The van der Waals surface area contributed by atoms with Gasteiger partial charge in [0.15, 0.2) is 17.5 Å². The van der Waals surface area contributed by atoms with Crippen LogP contribution >= 0.6 is 0 Å². The molecular formula is C70H43N3. The normalized spacial score (nSPS) is 12.8. The van der Waals surface area contributed by atoms with E-state index in [9.17, 15) is 0 Å². The largest absolute Gasteiger partial charge is 0.208 e. The first kappa shape index (κ1) is 41.2. The number of aromatic nitrogens is 3. The minimum absolute atomic E-state index is 0.496. The van der Waals surface area contributed by atoms with E-state index >= 15 is 0 Å². The van der Waals surface area contributed by atoms with Crippen LogP contribution in [0.1, 0.15) is 22.3 Å². The van der Waals surface area contributed by atoms with Crippen LogP contribution in [0.25, 0.3) is 122 Å². The highest BCUT2D eigenvalue weighted by molar-refractivity contribution is 6.25. The summed E-state index contributed by atoms with van der Waals surface area (Å²) in [6.45, 7) is 0. The molecule has 1 aromatic heterocycles. The molecule has 0 atom stereocenters. The van der Waals surface area contributed by atoms with E-state index < -0.39 is 5.41 Å². The molecule has 0 aliphatic heterocycles. The van der Waals surface area contributed by atoms with Gasteiger partial charge in [-0.25, -0.2) is 15.0 Å². The quantitative estimate of drug-likeness (QED) is 0.156. The highest BCUT2D eigenvalue weighted by atomic mass is 15.0. The summed E-state index contributed by atoms with van der Waals surface area (Å²) in [5, 5.41) is 7.28. The second-order valence-electron chi connectivity index (χ2n) is 19.4. The molecule has 0 saturated carbocycles. The van der Waals surface area contributed by atoms with Gasteiger partial charge in [0.25, 0.3) is 0 Å². The second kappa shape index (κ2) is 16.2. The zero-order valence-corrected chi connectivity index (χ0v) is 39.7. The SMILES string of the molecule is c1ccc(-c2cc(-c3ccccc3)cc(-c3ccc(-c4nc(-c5ccc6c7ccccc7c7ccccc7c6c5)nc(-c5cccc6c5-c5ccccc5C65c6ccccc6-c6ccccc65)n4)cc3)c2)cc1. The van der Waals surface area contributed by atoms with Crippen molar-refractivity contribution in [3.63, 3.8) is 0 Å². The van der Waals surface area contributed by atoms with Crippen LogP contribution in [0.4, 0.5) is 0 Å². The van der Waals surface area contributed by atoms with E-state index in [0.29, 0.717) is 17.5 Å². The maximum atomic E-state index is 5.52. The first-order valence-corrected chi connectivity index (χ1v) is 25.1. The van der Waals surface area contributed by atoms with Crippen molar-refractivity contribution in [2.24, 2.45) is 0 Å². The lowest BCUT2D eigenvalue weighted by atomic mass is 9.70. The third-order valence-corrected chi connectivity index (χ3v) is 15.5. The molecule has 15 rings (SSSR count). The zero-order chi connectivity index (χ0) is 48.0. The summed E-state index contributed by atoms with van der Waals surface area (Å²) in [6.07, 6.45) is 0. The maximum Gasteiger partial charge on any atom is 0.164 e. The Hall–Kier alpha value is -9.57. The van der Waals surface area contributed by atoms with Crippen LogP contribution in [0.5, 0.6) is 0 Å². The van der Waals surface area contributed by atoms with Crippen LogP contribution in [0.3, 0.4) is 0 Å². The first-order chi connectivity index (χ1) is 36.2. The predicted octanol–water partition coefficient (Wildman–Crippen LogP) is 17.7. The van der Waals surface area contributed by atoms with Gasteiger partial charge in [0, 0.05) is 16.7 Å². The third-order valence-electron chi connectivity index (χ3n) is 15.5. The number of rotatable bonds is 6. The molecule has 3 heteroatoms. The Bertz CT molecular complexity index is 4230. The summed E-state index contributed by atoms with van der Waals surface area (Å²) in [7, 11) is 0. The Balaban J connectivity index is 0.940. The summed E-state index contributed by atoms with van der Waals surface area (Å²) in [5.41, 5.74) is 19.3. The van der Waals surface area contributed by atoms with E-state index in [0.717, 1.165) is 33.4 Å². The van der Waals surface area contributed by atoms with Gasteiger partial charge >= 0.3 is 0 Å². The molecule has 2 aliphatic rings. The number of hydrogen-bond donors (Lipinski definition) is 0. The van der Waals surface area contributed by atoms with Gasteiger partial charge in [-0.2, -0.15) is 0 Å². The van der Waals surface area contributed by atoms with Crippen LogP contribution in [-0.4, -0.2) is 15.0 Å². The molecule has 0 fully saturated rings. The minimum Gasteiger partial charge on any atom is -0.208 e. The molecule has 3 nitrogen and oxygen atoms in total. The highest BCUT2D eigenvalue weighted by Crippen LogP contribution is 2.64. The van der Waals surface area contributed by atoms with Gasteiger partial charge in [0.05, 0.1) is 5.41 Å². The van der Waals surface area contributed by atoms with Crippen molar-refractivity contribution in [2.75, 3.05) is 0 Å². The topological polar surface area (TPSA) is 38.7 Å². The monoisotopic (exact) mass is 925 g/mol. The smallest absolute Gasteiger partial charge is 0.164 e. The van der Waals surface area contributed by atoms with E-state index in [1.165, 1.54) is 93.5 Å². The fourth-order valence-corrected chi connectivity index (χ4v) is 12.3. The molecule has 0 amide bonds. The van der Waals surface area contributed by atoms with E-state index in [4.69, 9.17) is 15.0 Å². The van der Waals surface area contributed by atoms with Crippen molar-refractivity contribution in [1.82, 2.24) is 15.0 Å². The highest BCUT2D eigenvalue weighted by Gasteiger charge is 2.52. The molecule has 12 aromatic carbocycles. The zero-order valence-electron chi connectivity index (χ0n) is 39.7. The van der Waals surface area contributed by atoms with E-state index in [-0.39, 0.29) is 0 Å². The first-order valence-electron chi connectivity index (χ1n) is 25.1. The van der Waals surface area contributed by atoms with Crippen LogP contribution in [0, 0.1) is 0 Å². The van der Waals surface area contributed by atoms with Gasteiger partial charge in [-0.3, -0.25) is 0 Å². The third kappa shape index (κ3) is 6.29. The Morgan fingerprint density at radius 1 is 0.205 bits per heavy atom. The van der Waals surface area contributed by atoms with Crippen molar-refractivity contribution in [3.8, 4) is 89.8 Å². The molecule has 2 aliphatic carbocycles.